The van der Waals surface area contributed by atoms with Crippen LogP contribution in [0, 0.1) is 12.7 Å². The van der Waals surface area contributed by atoms with E-state index >= 15 is 0 Å². The van der Waals surface area contributed by atoms with Crippen LogP contribution in [-0.4, -0.2) is 10.9 Å². The molecule has 2 nitrogen and oxygen atoms in total. The molecule has 2 aliphatic rings. The van der Waals surface area contributed by atoms with Gasteiger partial charge in [0.05, 0.1) is 10.0 Å². The number of thiophene rings is 2. The van der Waals surface area contributed by atoms with E-state index in [0.717, 1.165) is 6.42 Å². The van der Waals surface area contributed by atoms with Crippen molar-refractivity contribution in [1.29, 1.82) is 0 Å². The largest absolute Gasteiger partial charge is 0.558 e. The number of hydrogen-bond donors (Lipinski definition) is 0. The van der Waals surface area contributed by atoms with E-state index in [2.05, 4.69) is 90.3 Å². The first kappa shape index (κ1) is 18.8. The van der Waals surface area contributed by atoms with Gasteiger partial charge < -0.3 is 8.96 Å². The highest BCUT2D eigenvalue weighted by molar-refractivity contribution is 7.26. The predicted molar refractivity (Wildman–Crippen MR) is 143 cm³/mol. The zero-order chi connectivity index (χ0) is 21.8. The van der Waals surface area contributed by atoms with Crippen molar-refractivity contribution < 1.29 is 0 Å². The molecule has 1 unspecified atom stereocenters. The second-order valence-corrected chi connectivity index (χ2v) is 12.0. The number of benzene rings is 2. The Kier molecular flexibility index (Phi) is 3.63. The minimum absolute atomic E-state index is 0.586. The van der Waals surface area contributed by atoms with E-state index < -0.39 is 6.42 Å². The van der Waals surface area contributed by atoms with Gasteiger partial charge in [0.2, 0.25) is 4.67 Å². The minimum atomic E-state index is -1.27. The van der Waals surface area contributed by atoms with Crippen molar-refractivity contribution in [2.75, 3.05) is 0 Å². The lowest BCUT2D eigenvalue weighted by molar-refractivity contribution is 0.666. The molecule has 156 valence electrons. The Bertz CT molecular complexity index is 1760. The maximum Gasteiger partial charge on any atom is 0.558 e. The first-order valence-electron chi connectivity index (χ1n) is 11.4. The molecule has 32 heavy (non-hydrogen) atoms. The van der Waals surface area contributed by atoms with E-state index in [-0.39, 0.29) is 0 Å². The molecule has 7 rings (SSSR count). The van der Waals surface area contributed by atoms with Crippen molar-refractivity contribution >= 4 is 71.1 Å². The number of rotatable bonds is 2. The van der Waals surface area contributed by atoms with Crippen molar-refractivity contribution in [3.63, 3.8) is 0 Å². The number of nitrogens with zero attached hydrogens (tertiary/aromatic N) is 2. The molecule has 2 aliphatic heterocycles. The molecule has 0 aliphatic carbocycles. The van der Waals surface area contributed by atoms with Crippen LogP contribution in [0.5, 0.6) is 0 Å². The Morgan fingerprint density at radius 3 is 2.41 bits per heavy atom. The van der Waals surface area contributed by atoms with Crippen LogP contribution in [-0.2, 0) is 0 Å². The Balaban J connectivity index is 1.66. The van der Waals surface area contributed by atoms with Crippen LogP contribution in [0.3, 0.4) is 0 Å². The van der Waals surface area contributed by atoms with E-state index in [4.69, 9.17) is 6.82 Å². The smallest absolute Gasteiger partial charge is 0.401 e. The maximum atomic E-state index is 4.90. The van der Waals surface area contributed by atoms with Crippen molar-refractivity contribution in [3.8, 4) is 0 Å². The van der Waals surface area contributed by atoms with Gasteiger partial charge in [-0.25, -0.2) is 0 Å². The molecular formula is C27H24BN2S2+. The Labute approximate surface area is 195 Å². The molecule has 0 N–H and O–H groups in total. The SMILES string of the molecule is [CH2+][B-]1(C)n2c(cc3c4ccccc4sc32)C(CC(C)C)=C2C=c3c(sc4ccccc34)=[N+]21. The minimum Gasteiger partial charge on any atom is -0.401 e. The van der Waals surface area contributed by atoms with Gasteiger partial charge in [-0.2, -0.15) is 0 Å². The third kappa shape index (κ3) is 2.25. The van der Waals surface area contributed by atoms with Gasteiger partial charge in [-0.1, -0.05) is 61.6 Å². The maximum absolute atomic E-state index is 4.90. The van der Waals surface area contributed by atoms with Gasteiger partial charge in [0.25, 0.3) is 0 Å². The van der Waals surface area contributed by atoms with E-state index in [1.54, 1.807) is 0 Å². The third-order valence-electron chi connectivity index (χ3n) is 7.09. The monoisotopic (exact) mass is 451 g/mol. The molecule has 1 atom stereocenters. The number of aromatic nitrogens is 1. The quantitative estimate of drug-likeness (QED) is 0.226. The van der Waals surface area contributed by atoms with E-state index in [0.29, 0.717) is 5.92 Å². The summed E-state index contributed by atoms with van der Waals surface area (Å²) >= 11 is 3.82. The summed E-state index contributed by atoms with van der Waals surface area (Å²) in [4.78, 5) is 1.36. The second-order valence-electron chi connectivity index (χ2n) is 9.92. The molecule has 2 aromatic carbocycles. The summed E-state index contributed by atoms with van der Waals surface area (Å²) in [6.07, 6.45) is 2.24. The average molecular weight is 451 g/mol. The molecule has 5 heteroatoms. The topological polar surface area (TPSA) is 7.94 Å². The van der Waals surface area contributed by atoms with E-state index in [9.17, 15) is 0 Å². The lowest BCUT2D eigenvalue weighted by Gasteiger charge is -2.32. The zero-order valence-electron chi connectivity index (χ0n) is 18.6. The van der Waals surface area contributed by atoms with Crippen LogP contribution in [0.2, 0.25) is 6.82 Å². The Morgan fingerprint density at radius 2 is 1.66 bits per heavy atom. The molecule has 5 aromatic rings. The van der Waals surface area contributed by atoms with Crippen LogP contribution in [0.25, 0.3) is 42.0 Å². The Morgan fingerprint density at radius 1 is 0.969 bits per heavy atom. The molecule has 3 aromatic heterocycles. The van der Waals surface area contributed by atoms with Crippen LogP contribution in [0.15, 0.2) is 60.3 Å². The van der Waals surface area contributed by atoms with Crippen LogP contribution in [0.1, 0.15) is 26.0 Å². The lowest BCUT2D eigenvalue weighted by atomic mass is 9.48. The summed E-state index contributed by atoms with van der Waals surface area (Å²) in [5.41, 5.74) is 4.19. The summed E-state index contributed by atoms with van der Waals surface area (Å²) in [5.74, 6) is 0.586. The van der Waals surface area contributed by atoms with Crippen LogP contribution >= 0.6 is 22.7 Å². The highest BCUT2D eigenvalue weighted by Gasteiger charge is 2.50. The van der Waals surface area contributed by atoms with Gasteiger partial charge in [-0.15, -0.1) is 11.3 Å². The van der Waals surface area contributed by atoms with E-state index in [1.165, 1.54) is 57.2 Å². The van der Waals surface area contributed by atoms with Crippen molar-refractivity contribution in [2.45, 2.75) is 27.1 Å². The van der Waals surface area contributed by atoms with Crippen molar-refractivity contribution in [1.82, 2.24) is 8.96 Å². The average Bonchev–Trinajstić information content (AvgIpc) is 3.48. The molecule has 0 amide bonds. The molecule has 0 bridgehead atoms. The number of fused-ring (bicyclic) bond motifs is 9. The summed E-state index contributed by atoms with van der Waals surface area (Å²) in [6, 6.07) is 20.1. The predicted octanol–water partition coefficient (Wildman–Crippen LogP) is 6.12. The normalized spacial score (nSPS) is 19.8. The van der Waals surface area contributed by atoms with Crippen molar-refractivity contribution in [2.24, 2.45) is 5.92 Å². The molecule has 0 saturated carbocycles. The molecule has 0 radical (unpaired) electrons. The first-order valence-corrected chi connectivity index (χ1v) is 13.1. The fourth-order valence-corrected chi connectivity index (χ4v) is 8.50. The fraction of sp³-hybridized carbons (Fsp3) is 0.185. The first-order chi connectivity index (χ1) is 15.4. The van der Waals surface area contributed by atoms with Crippen molar-refractivity contribution in [3.05, 3.63) is 82.7 Å². The van der Waals surface area contributed by atoms with Gasteiger partial charge in [-0.05, 0) is 44.2 Å². The zero-order valence-corrected chi connectivity index (χ0v) is 20.2. The summed E-state index contributed by atoms with van der Waals surface area (Å²) < 4.78 is 9.22. The molecule has 5 heterocycles. The van der Waals surface area contributed by atoms with Crippen LogP contribution in [0.4, 0.5) is 0 Å². The van der Waals surface area contributed by atoms with E-state index in [1.807, 2.05) is 22.7 Å². The highest BCUT2D eigenvalue weighted by atomic mass is 32.1. The Hall–Kier alpha value is -2.76. The van der Waals surface area contributed by atoms with Gasteiger partial charge >= 0.3 is 6.42 Å². The third-order valence-corrected chi connectivity index (χ3v) is 9.46. The molecular weight excluding hydrogens is 427 g/mol. The fourth-order valence-electron chi connectivity index (χ4n) is 5.81. The second kappa shape index (κ2) is 6.18. The number of hydrogen-bond acceptors (Lipinski definition) is 2. The molecule has 0 saturated heterocycles. The summed E-state index contributed by atoms with van der Waals surface area (Å²) in [5, 5.41) is 5.47. The number of allylic oxidation sites excluding steroid dienone is 2. The summed E-state index contributed by atoms with van der Waals surface area (Å²) in [7, 11) is 0. The highest BCUT2D eigenvalue weighted by Crippen LogP contribution is 2.44. The lowest BCUT2D eigenvalue weighted by Crippen LogP contribution is -2.58. The van der Waals surface area contributed by atoms with Gasteiger partial charge in [0.15, 0.2) is 5.70 Å². The standard InChI is InChI=1S/C27H24BN2S2/c1-16(2)13-21-22-14-19-17-9-5-7-11-24(17)31-26(19)29(22)28(3,4)30-23(21)15-20-18-10-6-8-12-25(18)32-27(20)30/h5-12,14-16H,3,13H2,1-2,4H3/q+1. The summed E-state index contributed by atoms with van der Waals surface area (Å²) in [6.45, 7) is 11.9. The molecule has 0 fully saturated rings. The van der Waals surface area contributed by atoms with Gasteiger partial charge in [0, 0.05) is 42.9 Å². The molecule has 0 spiro atoms. The van der Waals surface area contributed by atoms with Gasteiger partial charge in [-0.3, -0.25) is 0 Å². The van der Waals surface area contributed by atoms with Crippen LogP contribution < -0.4 is 14.4 Å². The van der Waals surface area contributed by atoms with Gasteiger partial charge in [0.1, 0.15) is 0 Å².